The highest BCUT2D eigenvalue weighted by Crippen LogP contribution is 2.22. The number of amides is 2. The van der Waals surface area contributed by atoms with Crippen LogP contribution in [-0.2, 0) is 9.59 Å². The standard InChI is InChI=1S/C24H26N4O2S/c29-22(12-13-23-26-20-9-4-5-10-21(20)31-23)25-14-6-11-24(30)28-17-15-27(16-18-28)19-7-2-1-3-8-19/h1-5,7-10,12-13H,6,11,14-18H2,(H,25,29)/b13-12+. The molecule has 2 aromatic carbocycles. The largest absolute Gasteiger partial charge is 0.368 e. The second-order valence-electron chi connectivity index (χ2n) is 7.45. The van der Waals surface area contributed by atoms with E-state index in [4.69, 9.17) is 0 Å². The van der Waals surface area contributed by atoms with Crippen LogP contribution in [0.3, 0.4) is 0 Å². The number of para-hydroxylation sites is 2. The van der Waals surface area contributed by atoms with Crippen LogP contribution in [0.25, 0.3) is 16.3 Å². The lowest BCUT2D eigenvalue weighted by atomic mass is 10.2. The Morgan fingerprint density at radius 2 is 1.74 bits per heavy atom. The molecule has 31 heavy (non-hydrogen) atoms. The number of nitrogens with one attached hydrogen (secondary N) is 1. The molecule has 1 saturated heterocycles. The van der Waals surface area contributed by atoms with Gasteiger partial charge in [0, 0.05) is 50.9 Å². The molecule has 0 atom stereocenters. The Morgan fingerprint density at radius 3 is 2.52 bits per heavy atom. The van der Waals surface area contributed by atoms with Gasteiger partial charge in [-0.05, 0) is 36.8 Å². The fourth-order valence-electron chi connectivity index (χ4n) is 3.63. The molecule has 0 radical (unpaired) electrons. The van der Waals surface area contributed by atoms with E-state index in [1.165, 1.54) is 11.8 Å². The summed E-state index contributed by atoms with van der Waals surface area (Å²) in [6.45, 7) is 3.67. The van der Waals surface area contributed by atoms with E-state index in [9.17, 15) is 9.59 Å². The van der Waals surface area contributed by atoms with Crippen LogP contribution >= 0.6 is 11.3 Å². The topological polar surface area (TPSA) is 65.5 Å². The first-order valence-electron chi connectivity index (χ1n) is 10.6. The van der Waals surface area contributed by atoms with Crippen molar-refractivity contribution in [2.75, 3.05) is 37.6 Å². The van der Waals surface area contributed by atoms with Crippen molar-refractivity contribution < 1.29 is 9.59 Å². The van der Waals surface area contributed by atoms with Crippen LogP contribution in [0.5, 0.6) is 0 Å². The molecule has 2 heterocycles. The molecule has 4 rings (SSSR count). The molecule has 1 aliphatic rings. The number of fused-ring (bicyclic) bond motifs is 1. The molecule has 1 aliphatic heterocycles. The first-order valence-corrected chi connectivity index (χ1v) is 11.4. The Morgan fingerprint density at radius 1 is 1.00 bits per heavy atom. The van der Waals surface area contributed by atoms with Crippen LogP contribution in [0.15, 0.2) is 60.7 Å². The number of benzene rings is 2. The van der Waals surface area contributed by atoms with Gasteiger partial charge in [0.2, 0.25) is 11.8 Å². The number of anilines is 1. The summed E-state index contributed by atoms with van der Waals surface area (Å²) in [7, 11) is 0. The summed E-state index contributed by atoms with van der Waals surface area (Å²) in [4.78, 5) is 33.2. The van der Waals surface area contributed by atoms with Crippen molar-refractivity contribution in [3.05, 3.63) is 65.7 Å². The van der Waals surface area contributed by atoms with Gasteiger partial charge >= 0.3 is 0 Å². The smallest absolute Gasteiger partial charge is 0.244 e. The monoisotopic (exact) mass is 434 g/mol. The van der Waals surface area contributed by atoms with Crippen molar-refractivity contribution in [3.63, 3.8) is 0 Å². The summed E-state index contributed by atoms with van der Waals surface area (Å²) in [6.07, 6.45) is 4.32. The van der Waals surface area contributed by atoms with E-state index in [1.54, 1.807) is 17.4 Å². The maximum absolute atomic E-state index is 12.5. The molecule has 6 nitrogen and oxygen atoms in total. The molecular weight excluding hydrogens is 408 g/mol. The van der Waals surface area contributed by atoms with Crippen LogP contribution in [0.4, 0.5) is 5.69 Å². The Kier molecular flexibility index (Phi) is 6.94. The van der Waals surface area contributed by atoms with Crippen LogP contribution in [0.1, 0.15) is 17.8 Å². The highest BCUT2D eigenvalue weighted by Gasteiger charge is 2.20. The number of hydrogen-bond acceptors (Lipinski definition) is 5. The Balaban J connectivity index is 1.14. The molecular formula is C24H26N4O2S. The molecule has 0 spiro atoms. The lowest BCUT2D eigenvalue weighted by Crippen LogP contribution is -2.48. The van der Waals surface area contributed by atoms with Crippen LogP contribution < -0.4 is 10.2 Å². The number of piperazine rings is 1. The van der Waals surface area contributed by atoms with Crippen LogP contribution in [-0.4, -0.2) is 54.4 Å². The van der Waals surface area contributed by atoms with Crippen molar-refractivity contribution in [2.24, 2.45) is 0 Å². The molecule has 1 aromatic heterocycles. The zero-order valence-corrected chi connectivity index (χ0v) is 18.2. The normalized spacial score (nSPS) is 14.3. The lowest BCUT2D eigenvalue weighted by molar-refractivity contribution is -0.131. The van der Waals surface area contributed by atoms with Crippen LogP contribution in [0.2, 0.25) is 0 Å². The van der Waals surface area contributed by atoms with E-state index in [0.29, 0.717) is 19.4 Å². The van der Waals surface area contributed by atoms with Gasteiger partial charge in [0.25, 0.3) is 0 Å². The first kappa shape index (κ1) is 21.1. The van der Waals surface area contributed by atoms with Gasteiger partial charge in [0.1, 0.15) is 5.01 Å². The van der Waals surface area contributed by atoms with Gasteiger partial charge in [0.15, 0.2) is 0 Å². The predicted octanol–water partition coefficient (Wildman–Crippen LogP) is 3.55. The van der Waals surface area contributed by atoms with Crippen LogP contribution in [0, 0.1) is 0 Å². The third-order valence-electron chi connectivity index (χ3n) is 5.31. The molecule has 1 fully saturated rings. The summed E-state index contributed by atoms with van der Waals surface area (Å²) in [5.74, 6) is -0.00448. The summed E-state index contributed by atoms with van der Waals surface area (Å²) in [6, 6.07) is 18.2. The molecule has 3 aromatic rings. The molecule has 0 aliphatic carbocycles. The number of nitrogens with zero attached hydrogens (tertiary/aromatic N) is 3. The average molecular weight is 435 g/mol. The second kappa shape index (κ2) is 10.2. The number of carbonyl (C=O) groups excluding carboxylic acids is 2. The quantitative estimate of drug-likeness (QED) is 0.456. The van der Waals surface area contributed by atoms with Gasteiger partial charge in [-0.2, -0.15) is 0 Å². The summed E-state index contributed by atoms with van der Waals surface area (Å²) < 4.78 is 1.10. The zero-order valence-electron chi connectivity index (χ0n) is 17.4. The predicted molar refractivity (Wildman–Crippen MR) is 126 cm³/mol. The highest BCUT2D eigenvalue weighted by atomic mass is 32.1. The van der Waals surface area contributed by atoms with Gasteiger partial charge in [-0.3, -0.25) is 9.59 Å². The van der Waals surface area contributed by atoms with E-state index in [-0.39, 0.29) is 11.8 Å². The summed E-state index contributed by atoms with van der Waals surface area (Å²) >= 11 is 1.55. The number of carbonyl (C=O) groups is 2. The molecule has 0 unspecified atom stereocenters. The highest BCUT2D eigenvalue weighted by molar-refractivity contribution is 7.19. The van der Waals surface area contributed by atoms with Crippen molar-refractivity contribution in [2.45, 2.75) is 12.8 Å². The molecule has 2 amide bonds. The molecule has 1 N–H and O–H groups in total. The third-order valence-corrected chi connectivity index (χ3v) is 6.31. The van der Waals surface area contributed by atoms with E-state index in [1.807, 2.05) is 47.4 Å². The minimum Gasteiger partial charge on any atom is -0.368 e. The van der Waals surface area contributed by atoms with Gasteiger partial charge in [-0.25, -0.2) is 4.98 Å². The molecule has 160 valence electrons. The number of hydrogen-bond donors (Lipinski definition) is 1. The van der Waals surface area contributed by atoms with E-state index in [0.717, 1.165) is 41.4 Å². The molecule has 0 bridgehead atoms. The minimum atomic E-state index is -0.164. The third kappa shape index (κ3) is 5.70. The van der Waals surface area contributed by atoms with E-state index >= 15 is 0 Å². The van der Waals surface area contributed by atoms with Gasteiger partial charge in [-0.15, -0.1) is 11.3 Å². The lowest BCUT2D eigenvalue weighted by Gasteiger charge is -2.36. The Bertz CT molecular complexity index is 1020. The Labute approximate surface area is 186 Å². The van der Waals surface area contributed by atoms with Crippen molar-refractivity contribution in [1.82, 2.24) is 15.2 Å². The second-order valence-corrected chi connectivity index (χ2v) is 8.51. The number of aromatic nitrogens is 1. The van der Waals surface area contributed by atoms with E-state index < -0.39 is 0 Å². The average Bonchev–Trinajstić information content (AvgIpc) is 3.24. The van der Waals surface area contributed by atoms with Crippen molar-refractivity contribution in [1.29, 1.82) is 0 Å². The summed E-state index contributed by atoms with van der Waals surface area (Å²) in [5, 5.41) is 3.65. The zero-order chi connectivity index (χ0) is 21.5. The van der Waals surface area contributed by atoms with Gasteiger partial charge in [-0.1, -0.05) is 30.3 Å². The maximum Gasteiger partial charge on any atom is 0.244 e. The minimum absolute atomic E-state index is 0.159. The number of rotatable bonds is 7. The first-order chi connectivity index (χ1) is 15.2. The number of thiazole rings is 1. The molecule has 7 heteroatoms. The summed E-state index contributed by atoms with van der Waals surface area (Å²) in [5.41, 5.74) is 2.15. The fourth-order valence-corrected chi connectivity index (χ4v) is 4.50. The SMILES string of the molecule is O=C(/C=C/c1nc2ccccc2s1)NCCCC(=O)N1CCN(c2ccccc2)CC1. The van der Waals surface area contributed by atoms with Crippen molar-refractivity contribution >= 4 is 45.1 Å². The van der Waals surface area contributed by atoms with E-state index in [2.05, 4.69) is 27.3 Å². The van der Waals surface area contributed by atoms with Gasteiger partial charge < -0.3 is 15.1 Å². The molecule has 0 saturated carbocycles. The Hall–Kier alpha value is -3.19. The van der Waals surface area contributed by atoms with Gasteiger partial charge in [0.05, 0.1) is 10.2 Å². The van der Waals surface area contributed by atoms with Crippen molar-refractivity contribution in [3.8, 4) is 0 Å². The maximum atomic E-state index is 12.5. The fraction of sp³-hybridized carbons (Fsp3) is 0.292.